The van der Waals surface area contributed by atoms with Gasteiger partial charge in [0.05, 0.1) is 42.0 Å². The molecule has 1 aromatic heterocycles. The van der Waals surface area contributed by atoms with Gasteiger partial charge in [0.25, 0.3) is 0 Å². The van der Waals surface area contributed by atoms with Crippen LogP contribution in [0, 0.1) is 18.3 Å². The van der Waals surface area contributed by atoms with Gasteiger partial charge in [-0.1, -0.05) is 36.0 Å². The van der Waals surface area contributed by atoms with E-state index in [9.17, 15) is 10.1 Å². The molecule has 2 aliphatic rings. The number of thioether (sulfide) groups is 1. The monoisotopic (exact) mass is 365 g/mol. The van der Waals surface area contributed by atoms with E-state index in [0.29, 0.717) is 25.2 Å². The maximum absolute atomic E-state index is 12.9. The van der Waals surface area contributed by atoms with Crippen molar-refractivity contribution in [2.45, 2.75) is 25.8 Å². The number of aryl methyl sites for hydroxylation is 1. The molecule has 0 spiro atoms. The Morgan fingerprint density at radius 3 is 2.88 bits per heavy atom. The molecule has 1 amide bonds. The van der Waals surface area contributed by atoms with E-state index in [4.69, 9.17) is 4.42 Å². The van der Waals surface area contributed by atoms with Gasteiger partial charge >= 0.3 is 0 Å². The number of fused-ring (bicyclic) bond motifs is 1. The molecular weight excluding hydrogens is 346 g/mol. The van der Waals surface area contributed by atoms with Crippen molar-refractivity contribution in [3.8, 4) is 6.07 Å². The highest BCUT2D eigenvalue weighted by atomic mass is 32.2. The third-order valence-electron chi connectivity index (χ3n) is 4.87. The summed E-state index contributed by atoms with van der Waals surface area (Å²) in [6, 6.07) is 14.2. The minimum absolute atomic E-state index is 0.0731. The van der Waals surface area contributed by atoms with E-state index < -0.39 is 0 Å². The van der Waals surface area contributed by atoms with Crippen molar-refractivity contribution >= 4 is 17.7 Å². The lowest BCUT2D eigenvalue weighted by atomic mass is 9.84. The Balaban J connectivity index is 1.63. The molecule has 0 radical (unpaired) electrons. The zero-order valence-electron chi connectivity index (χ0n) is 14.5. The van der Waals surface area contributed by atoms with Crippen molar-refractivity contribution in [2.24, 2.45) is 0 Å². The van der Waals surface area contributed by atoms with E-state index in [1.54, 1.807) is 22.9 Å². The first-order valence-electron chi connectivity index (χ1n) is 8.55. The van der Waals surface area contributed by atoms with Gasteiger partial charge in [-0.05, 0) is 30.2 Å². The van der Waals surface area contributed by atoms with Crippen molar-refractivity contribution in [1.82, 2.24) is 9.80 Å². The van der Waals surface area contributed by atoms with Gasteiger partial charge in [0, 0.05) is 12.3 Å². The zero-order valence-corrected chi connectivity index (χ0v) is 15.3. The molecule has 2 aliphatic heterocycles. The van der Waals surface area contributed by atoms with E-state index in [1.807, 2.05) is 43.3 Å². The second-order valence-electron chi connectivity index (χ2n) is 6.59. The summed E-state index contributed by atoms with van der Waals surface area (Å²) in [5.74, 6) is 1.53. The number of benzene rings is 1. The van der Waals surface area contributed by atoms with Crippen LogP contribution >= 0.6 is 11.8 Å². The van der Waals surface area contributed by atoms with Crippen LogP contribution in [0.25, 0.3) is 0 Å². The van der Waals surface area contributed by atoms with Gasteiger partial charge in [-0.15, -0.1) is 0 Å². The van der Waals surface area contributed by atoms with Gasteiger partial charge in [-0.3, -0.25) is 14.6 Å². The number of rotatable bonds is 3. The second kappa shape index (κ2) is 7.02. The molecule has 1 saturated heterocycles. The Bertz CT molecular complexity index is 898. The van der Waals surface area contributed by atoms with Crippen molar-refractivity contribution in [1.29, 1.82) is 5.26 Å². The molecule has 5 nitrogen and oxygen atoms in total. The number of hydrogen-bond donors (Lipinski definition) is 0. The van der Waals surface area contributed by atoms with Crippen LogP contribution < -0.4 is 0 Å². The van der Waals surface area contributed by atoms with Crippen molar-refractivity contribution in [2.75, 3.05) is 12.5 Å². The summed E-state index contributed by atoms with van der Waals surface area (Å²) in [6.07, 6.45) is 2.00. The average Bonchev–Trinajstić information content (AvgIpc) is 3.15. The second-order valence-corrected chi connectivity index (χ2v) is 7.52. The Morgan fingerprint density at radius 2 is 2.15 bits per heavy atom. The molecule has 1 fully saturated rings. The van der Waals surface area contributed by atoms with E-state index >= 15 is 0 Å². The minimum Gasteiger partial charge on any atom is -0.468 e. The first-order chi connectivity index (χ1) is 12.7. The Kier molecular flexibility index (Phi) is 4.58. The quantitative estimate of drug-likeness (QED) is 0.828. The summed E-state index contributed by atoms with van der Waals surface area (Å²) < 4.78 is 5.41. The minimum atomic E-state index is -0.149. The smallest absolute Gasteiger partial charge is 0.229 e. The van der Waals surface area contributed by atoms with Crippen LogP contribution in [0.15, 0.2) is 57.7 Å². The van der Waals surface area contributed by atoms with E-state index in [-0.39, 0.29) is 11.8 Å². The van der Waals surface area contributed by atoms with Gasteiger partial charge in [0.15, 0.2) is 0 Å². The lowest BCUT2D eigenvalue weighted by Gasteiger charge is -2.41. The standard InChI is InChI=1S/C20H19N3O2S/c1-14-5-2-3-7-16(14)17-9-19(24)23-12-22(11-15-6-4-8-25-15)13-26-20(23)18(17)10-21/h2-8,17H,9,11-13H2,1H3/t17-/m1/s1. The van der Waals surface area contributed by atoms with Crippen molar-refractivity contribution in [3.63, 3.8) is 0 Å². The summed E-state index contributed by atoms with van der Waals surface area (Å²) >= 11 is 1.56. The molecule has 0 N–H and O–H groups in total. The third kappa shape index (κ3) is 3.05. The molecule has 0 saturated carbocycles. The molecule has 26 heavy (non-hydrogen) atoms. The molecule has 1 atom stereocenters. The third-order valence-corrected chi connectivity index (χ3v) is 6.08. The molecule has 3 heterocycles. The van der Waals surface area contributed by atoms with E-state index in [2.05, 4.69) is 11.0 Å². The first-order valence-corrected chi connectivity index (χ1v) is 9.53. The lowest BCUT2D eigenvalue weighted by molar-refractivity contribution is -0.132. The zero-order chi connectivity index (χ0) is 18.1. The summed E-state index contributed by atoms with van der Waals surface area (Å²) in [5, 5.41) is 10.6. The molecule has 6 heteroatoms. The summed E-state index contributed by atoms with van der Waals surface area (Å²) in [6.45, 7) is 3.18. The van der Waals surface area contributed by atoms with Crippen LogP contribution in [0.5, 0.6) is 0 Å². The molecule has 0 unspecified atom stereocenters. The predicted octanol–water partition coefficient (Wildman–Crippen LogP) is 3.80. The van der Waals surface area contributed by atoms with Crippen molar-refractivity contribution in [3.05, 3.63) is 70.2 Å². The van der Waals surface area contributed by atoms with Crippen LogP contribution in [-0.2, 0) is 11.3 Å². The van der Waals surface area contributed by atoms with Gasteiger partial charge in [0.1, 0.15) is 5.76 Å². The summed E-state index contributed by atoms with van der Waals surface area (Å²) in [4.78, 5) is 16.8. The fraction of sp³-hybridized carbons (Fsp3) is 0.300. The summed E-state index contributed by atoms with van der Waals surface area (Å²) in [7, 11) is 0. The van der Waals surface area contributed by atoms with Gasteiger partial charge in [0.2, 0.25) is 5.91 Å². The molecule has 4 rings (SSSR count). The summed E-state index contributed by atoms with van der Waals surface area (Å²) in [5.41, 5.74) is 2.90. The largest absolute Gasteiger partial charge is 0.468 e. The molecule has 0 bridgehead atoms. The highest BCUT2D eigenvalue weighted by Gasteiger charge is 2.38. The number of allylic oxidation sites excluding steroid dienone is 1. The van der Waals surface area contributed by atoms with Crippen LogP contribution in [0.4, 0.5) is 0 Å². The molecule has 132 valence electrons. The SMILES string of the molecule is Cc1ccccc1[C@H]1CC(=O)N2CN(Cc3ccco3)CSC2=C1C#N. The van der Waals surface area contributed by atoms with E-state index in [1.165, 1.54) is 0 Å². The Morgan fingerprint density at radius 1 is 1.31 bits per heavy atom. The average molecular weight is 365 g/mol. The van der Waals surface area contributed by atoms with Crippen LogP contribution in [0.2, 0.25) is 0 Å². The van der Waals surface area contributed by atoms with Crippen LogP contribution in [0.1, 0.15) is 29.2 Å². The molecule has 1 aromatic carbocycles. The highest BCUT2D eigenvalue weighted by molar-refractivity contribution is 8.03. The number of hydrogen-bond acceptors (Lipinski definition) is 5. The Hall–Kier alpha value is -2.49. The number of amides is 1. The number of carbonyl (C=O) groups is 1. The van der Waals surface area contributed by atoms with Crippen LogP contribution in [-0.4, -0.2) is 28.3 Å². The first kappa shape index (κ1) is 17.0. The maximum Gasteiger partial charge on any atom is 0.229 e. The number of furan rings is 1. The van der Waals surface area contributed by atoms with E-state index in [0.717, 1.165) is 27.8 Å². The molecule has 0 aliphatic carbocycles. The number of carbonyl (C=O) groups excluding carboxylic acids is 1. The van der Waals surface area contributed by atoms with Gasteiger partial charge in [-0.25, -0.2) is 0 Å². The molecule has 2 aromatic rings. The van der Waals surface area contributed by atoms with Gasteiger partial charge in [-0.2, -0.15) is 5.26 Å². The normalized spacial score (nSPS) is 20.8. The topological polar surface area (TPSA) is 60.5 Å². The fourth-order valence-electron chi connectivity index (χ4n) is 3.57. The van der Waals surface area contributed by atoms with Crippen molar-refractivity contribution < 1.29 is 9.21 Å². The van der Waals surface area contributed by atoms with Crippen LogP contribution in [0.3, 0.4) is 0 Å². The number of nitriles is 1. The molecular formula is C20H19N3O2S. The Labute approximate surface area is 156 Å². The lowest BCUT2D eigenvalue weighted by Crippen LogP contribution is -2.46. The van der Waals surface area contributed by atoms with Gasteiger partial charge < -0.3 is 4.42 Å². The number of nitrogens with zero attached hydrogens (tertiary/aromatic N) is 3. The predicted molar refractivity (Wildman–Crippen MR) is 99.6 cm³/mol. The fourth-order valence-corrected chi connectivity index (χ4v) is 4.71. The maximum atomic E-state index is 12.9. The highest BCUT2D eigenvalue weighted by Crippen LogP contribution is 2.43.